The van der Waals surface area contributed by atoms with Crippen molar-refractivity contribution in [3.8, 4) is 17.2 Å². The lowest BCUT2D eigenvalue weighted by Gasteiger charge is -2.10. The quantitative estimate of drug-likeness (QED) is 0.733. The summed E-state index contributed by atoms with van der Waals surface area (Å²) in [4.78, 5) is 4.71. The van der Waals surface area contributed by atoms with Crippen molar-refractivity contribution in [2.45, 2.75) is 13.3 Å². The Labute approximate surface area is 123 Å². The average Bonchev–Trinajstić information content (AvgIpc) is 2.92. The molecule has 0 aliphatic rings. The van der Waals surface area contributed by atoms with Crippen molar-refractivity contribution in [1.29, 1.82) is 0 Å². The smallest absolute Gasteiger partial charge is 0.121 e. The van der Waals surface area contributed by atoms with Gasteiger partial charge in [-0.15, -0.1) is 0 Å². The molecule has 3 aromatic rings. The second-order valence-electron chi connectivity index (χ2n) is 4.77. The summed E-state index contributed by atoms with van der Waals surface area (Å²) in [5.74, 6) is 2.68. The minimum absolute atomic E-state index is 0.820. The molecule has 4 nitrogen and oxygen atoms in total. The van der Waals surface area contributed by atoms with E-state index in [9.17, 15) is 0 Å². The standard InChI is InChI=1S/C17H18N2O2/c1-4-17-18-15-11-14(21-3)8-9-16(15)19(17)12-6-5-7-13(10-12)20-2/h5-11H,4H2,1-3H3. The molecule has 1 aromatic heterocycles. The molecular formula is C17H18N2O2. The molecule has 0 bridgehead atoms. The lowest BCUT2D eigenvalue weighted by Crippen LogP contribution is -2.00. The van der Waals surface area contributed by atoms with Gasteiger partial charge in [0, 0.05) is 18.6 Å². The summed E-state index contributed by atoms with van der Waals surface area (Å²) in [6.07, 6.45) is 0.855. The molecule has 0 atom stereocenters. The number of hydrogen-bond donors (Lipinski definition) is 0. The SMILES string of the molecule is CCc1nc2cc(OC)ccc2n1-c1cccc(OC)c1. The first-order valence-corrected chi connectivity index (χ1v) is 6.96. The first-order chi connectivity index (χ1) is 10.3. The second-order valence-corrected chi connectivity index (χ2v) is 4.77. The molecule has 0 saturated heterocycles. The minimum atomic E-state index is 0.820. The molecule has 2 aromatic carbocycles. The molecule has 0 radical (unpaired) electrons. The Balaban J connectivity index is 2.24. The maximum absolute atomic E-state index is 5.32. The van der Waals surface area contributed by atoms with Crippen LogP contribution >= 0.6 is 0 Å². The van der Waals surface area contributed by atoms with Crippen molar-refractivity contribution in [1.82, 2.24) is 9.55 Å². The highest BCUT2D eigenvalue weighted by atomic mass is 16.5. The molecule has 1 heterocycles. The zero-order valence-electron chi connectivity index (χ0n) is 12.5. The molecule has 108 valence electrons. The van der Waals surface area contributed by atoms with Crippen LogP contribution in [0.3, 0.4) is 0 Å². The Bertz CT molecular complexity index is 778. The van der Waals surface area contributed by atoms with E-state index in [0.29, 0.717) is 0 Å². The third-order valence-corrected chi connectivity index (χ3v) is 3.56. The van der Waals surface area contributed by atoms with E-state index in [0.717, 1.165) is 40.5 Å². The van der Waals surface area contributed by atoms with E-state index >= 15 is 0 Å². The van der Waals surface area contributed by atoms with Crippen LogP contribution in [0.4, 0.5) is 0 Å². The molecule has 4 heteroatoms. The summed E-state index contributed by atoms with van der Waals surface area (Å²) in [5.41, 5.74) is 3.06. The van der Waals surface area contributed by atoms with E-state index in [1.807, 2.05) is 36.4 Å². The third kappa shape index (κ3) is 2.33. The number of aryl methyl sites for hydroxylation is 1. The number of imidazole rings is 1. The van der Waals surface area contributed by atoms with E-state index in [4.69, 9.17) is 14.5 Å². The fourth-order valence-electron chi connectivity index (χ4n) is 2.51. The van der Waals surface area contributed by atoms with Crippen LogP contribution < -0.4 is 9.47 Å². The van der Waals surface area contributed by atoms with Crippen LogP contribution in [-0.4, -0.2) is 23.8 Å². The summed E-state index contributed by atoms with van der Waals surface area (Å²) in [6.45, 7) is 2.11. The maximum Gasteiger partial charge on any atom is 0.121 e. The molecule has 21 heavy (non-hydrogen) atoms. The number of nitrogens with zero attached hydrogens (tertiary/aromatic N) is 2. The first-order valence-electron chi connectivity index (χ1n) is 6.96. The van der Waals surface area contributed by atoms with Crippen molar-refractivity contribution >= 4 is 11.0 Å². The molecular weight excluding hydrogens is 264 g/mol. The number of benzene rings is 2. The number of fused-ring (bicyclic) bond motifs is 1. The van der Waals surface area contributed by atoms with Gasteiger partial charge in [0.05, 0.1) is 30.9 Å². The lowest BCUT2D eigenvalue weighted by molar-refractivity contribution is 0.414. The highest BCUT2D eigenvalue weighted by molar-refractivity contribution is 5.80. The second kappa shape index (κ2) is 5.48. The van der Waals surface area contributed by atoms with Gasteiger partial charge in [-0.25, -0.2) is 4.98 Å². The Hall–Kier alpha value is -2.49. The lowest BCUT2D eigenvalue weighted by atomic mass is 10.2. The number of methoxy groups -OCH3 is 2. The number of aromatic nitrogens is 2. The Morgan fingerprint density at radius 1 is 1.00 bits per heavy atom. The molecule has 0 fully saturated rings. The monoisotopic (exact) mass is 282 g/mol. The van der Waals surface area contributed by atoms with E-state index < -0.39 is 0 Å². The molecule has 3 rings (SSSR count). The normalized spacial score (nSPS) is 10.8. The van der Waals surface area contributed by atoms with Crippen LogP contribution in [0.25, 0.3) is 16.7 Å². The average molecular weight is 282 g/mol. The topological polar surface area (TPSA) is 36.3 Å². The molecule has 0 aliphatic heterocycles. The van der Waals surface area contributed by atoms with E-state index in [-0.39, 0.29) is 0 Å². The highest BCUT2D eigenvalue weighted by Gasteiger charge is 2.12. The van der Waals surface area contributed by atoms with Crippen molar-refractivity contribution < 1.29 is 9.47 Å². The molecule has 0 saturated carbocycles. The van der Waals surface area contributed by atoms with Gasteiger partial charge in [-0.3, -0.25) is 4.57 Å². The van der Waals surface area contributed by atoms with E-state index in [1.54, 1.807) is 14.2 Å². The van der Waals surface area contributed by atoms with Gasteiger partial charge < -0.3 is 9.47 Å². The number of ether oxygens (including phenoxy) is 2. The summed E-state index contributed by atoms with van der Waals surface area (Å²) < 4.78 is 12.8. The fourth-order valence-corrected chi connectivity index (χ4v) is 2.51. The van der Waals surface area contributed by atoms with Gasteiger partial charge in [0.1, 0.15) is 17.3 Å². The van der Waals surface area contributed by atoms with Crippen molar-refractivity contribution in [2.24, 2.45) is 0 Å². The number of hydrogen-bond acceptors (Lipinski definition) is 3. The predicted molar refractivity (Wildman–Crippen MR) is 83.6 cm³/mol. The summed E-state index contributed by atoms with van der Waals surface area (Å²) in [6, 6.07) is 14.0. The van der Waals surface area contributed by atoms with Crippen LogP contribution in [0.15, 0.2) is 42.5 Å². The molecule has 0 unspecified atom stereocenters. The van der Waals surface area contributed by atoms with Gasteiger partial charge in [0.25, 0.3) is 0 Å². The van der Waals surface area contributed by atoms with Crippen LogP contribution in [0.2, 0.25) is 0 Å². The molecule has 0 N–H and O–H groups in total. The van der Waals surface area contributed by atoms with Crippen molar-refractivity contribution in [3.63, 3.8) is 0 Å². The zero-order valence-corrected chi connectivity index (χ0v) is 12.5. The molecule has 0 aliphatic carbocycles. The van der Waals surface area contributed by atoms with Gasteiger partial charge in [0.15, 0.2) is 0 Å². The Kier molecular flexibility index (Phi) is 3.52. The Morgan fingerprint density at radius 3 is 2.48 bits per heavy atom. The van der Waals surface area contributed by atoms with Gasteiger partial charge in [-0.2, -0.15) is 0 Å². The van der Waals surface area contributed by atoms with Crippen LogP contribution in [0, 0.1) is 0 Å². The van der Waals surface area contributed by atoms with Crippen LogP contribution in [0.5, 0.6) is 11.5 Å². The zero-order chi connectivity index (χ0) is 14.8. The summed E-state index contributed by atoms with van der Waals surface area (Å²) in [7, 11) is 3.34. The summed E-state index contributed by atoms with van der Waals surface area (Å²) >= 11 is 0. The van der Waals surface area contributed by atoms with Crippen molar-refractivity contribution in [3.05, 3.63) is 48.3 Å². The molecule has 0 spiro atoms. The fraction of sp³-hybridized carbons (Fsp3) is 0.235. The summed E-state index contributed by atoms with van der Waals surface area (Å²) in [5, 5.41) is 0. The highest BCUT2D eigenvalue weighted by Crippen LogP contribution is 2.27. The van der Waals surface area contributed by atoms with E-state index in [1.165, 1.54) is 0 Å². The van der Waals surface area contributed by atoms with Gasteiger partial charge >= 0.3 is 0 Å². The number of rotatable bonds is 4. The van der Waals surface area contributed by atoms with Crippen LogP contribution in [-0.2, 0) is 6.42 Å². The van der Waals surface area contributed by atoms with Gasteiger partial charge in [-0.1, -0.05) is 13.0 Å². The third-order valence-electron chi connectivity index (χ3n) is 3.56. The minimum Gasteiger partial charge on any atom is -0.497 e. The van der Waals surface area contributed by atoms with Gasteiger partial charge in [0.2, 0.25) is 0 Å². The molecule has 0 amide bonds. The van der Waals surface area contributed by atoms with E-state index in [2.05, 4.69) is 17.6 Å². The van der Waals surface area contributed by atoms with Gasteiger partial charge in [-0.05, 0) is 24.3 Å². The Morgan fingerprint density at radius 2 is 1.76 bits per heavy atom. The van der Waals surface area contributed by atoms with Crippen LogP contribution in [0.1, 0.15) is 12.7 Å². The largest absolute Gasteiger partial charge is 0.497 e. The maximum atomic E-state index is 5.32. The van der Waals surface area contributed by atoms with Crippen molar-refractivity contribution in [2.75, 3.05) is 14.2 Å². The first kappa shape index (κ1) is 13.5. The predicted octanol–water partition coefficient (Wildman–Crippen LogP) is 3.61.